The third-order valence-corrected chi connectivity index (χ3v) is 6.96. The predicted molar refractivity (Wildman–Crippen MR) is 116 cm³/mol. The molecule has 1 fully saturated rings. The standard InChI is InChI=1S/C21H26ClN3O4S/c22-17-9-4-5-11-19(17)30(27,28)24-14-12-20(26)25-21-18(10-6-13-23-21)29-15-16-7-2-1-3-8-16/h4-6,9-11,13,16,24H,1-3,7-8,12,14-15H2,(H,23,25,26). The smallest absolute Gasteiger partial charge is 0.242 e. The van der Waals surface area contributed by atoms with Gasteiger partial charge in [0.05, 0.1) is 11.6 Å². The maximum absolute atomic E-state index is 12.3. The highest BCUT2D eigenvalue weighted by atomic mass is 35.5. The molecular formula is C21H26ClN3O4S. The quantitative estimate of drug-likeness (QED) is 0.600. The van der Waals surface area contributed by atoms with E-state index in [9.17, 15) is 13.2 Å². The lowest BCUT2D eigenvalue weighted by Crippen LogP contribution is -2.28. The second kappa shape index (κ2) is 10.7. The molecule has 2 N–H and O–H groups in total. The third-order valence-electron chi connectivity index (χ3n) is 5.00. The number of amides is 1. The van der Waals surface area contributed by atoms with Gasteiger partial charge in [0, 0.05) is 19.2 Å². The van der Waals surface area contributed by atoms with E-state index in [1.54, 1.807) is 30.5 Å². The Morgan fingerprint density at radius 3 is 2.67 bits per heavy atom. The summed E-state index contributed by atoms with van der Waals surface area (Å²) >= 11 is 5.94. The van der Waals surface area contributed by atoms with Crippen molar-refractivity contribution < 1.29 is 17.9 Å². The summed E-state index contributed by atoms with van der Waals surface area (Å²) in [6, 6.07) is 9.67. The van der Waals surface area contributed by atoms with Crippen molar-refractivity contribution in [2.75, 3.05) is 18.5 Å². The lowest BCUT2D eigenvalue weighted by atomic mass is 9.90. The van der Waals surface area contributed by atoms with Crippen LogP contribution in [0, 0.1) is 5.92 Å². The zero-order valence-corrected chi connectivity index (χ0v) is 18.2. The number of nitrogens with one attached hydrogen (secondary N) is 2. The molecule has 2 aromatic rings. The Morgan fingerprint density at radius 1 is 1.13 bits per heavy atom. The fraction of sp³-hybridized carbons (Fsp3) is 0.429. The maximum atomic E-state index is 12.3. The maximum Gasteiger partial charge on any atom is 0.242 e. The Labute approximate surface area is 182 Å². The first-order valence-electron chi connectivity index (χ1n) is 10.1. The van der Waals surface area contributed by atoms with Crippen molar-refractivity contribution in [3.05, 3.63) is 47.6 Å². The summed E-state index contributed by atoms with van der Waals surface area (Å²) < 4.78 is 32.9. The Bertz CT molecular complexity index is 962. The average Bonchev–Trinajstić information content (AvgIpc) is 2.74. The molecule has 1 heterocycles. The van der Waals surface area contributed by atoms with Crippen molar-refractivity contribution in [3.63, 3.8) is 0 Å². The van der Waals surface area contributed by atoms with Gasteiger partial charge in [0.2, 0.25) is 15.9 Å². The third kappa shape index (κ3) is 6.42. The molecule has 7 nitrogen and oxygen atoms in total. The number of hydrogen-bond donors (Lipinski definition) is 2. The minimum absolute atomic E-state index is 0.0183. The second-order valence-corrected chi connectivity index (χ2v) is 9.43. The van der Waals surface area contributed by atoms with Gasteiger partial charge in [-0.1, -0.05) is 43.0 Å². The molecule has 162 valence electrons. The Hall–Kier alpha value is -2.16. The highest BCUT2D eigenvalue weighted by molar-refractivity contribution is 7.89. The molecule has 0 spiro atoms. The van der Waals surface area contributed by atoms with Crippen LogP contribution in [0.15, 0.2) is 47.5 Å². The predicted octanol–water partition coefficient (Wildman–Crippen LogP) is 4.00. The van der Waals surface area contributed by atoms with Crippen molar-refractivity contribution in [2.45, 2.75) is 43.4 Å². The van der Waals surface area contributed by atoms with Crippen molar-refractivity contribution >= 4 is 33.3 Å². The first-order chi connectivity index (χ1) is 14.5. The molecule has 1 aliphatic rings. The molecule has 0 bridgehead atoms. The van der Waals surface area contributed by atoms with Crippen LogP contribution in [0.3, 0.4) is 0 Å². The molecule has 0 atom stereocenters. The summed E-state index contributed by atoms with van der Waals surface area (Å²) in [5.41, 5.74) is 0. The van der Waals surface area contributed by atoms with Crippen LogP contribution < -0.4 is 14.8 Å². The van der Waals surface area contributed by atoms with Gasteiger partial charge < -0.3 is 10.1 Å². The molecule has 1 aliphatic carbocycles. The number of pyridine rings is 1. The van der Waals surface area contributed by atoms with E-state index in [1.165, 1.54) is 31.4 Å². The number of carbonyl (C=O) groups excluding carboxylic acids is 1. The van der Waals surface area contributed by atoms with E-state index in [-0.39, 0.29) is 28.8 Å². The Kier molecular flexibility index (Phi) is 8.07. The highest BCUT2D eigenvalue weighted by Gasteiger charge is 2.18. The summed E-state index contributed by atoms with van der Waals surface area (Å²) in [6.07, 6.45) is 7.58. The normalized spacial score (nSPS) is 15.0. The SMILES string of the molecule is O=C(CCNS(=O)(=O)c1ccccc1Cl)Nc1ncccc1OCC1CCCCC1. The molecule has 0 unspecified atom stereocenters. The zero-order chi connectivity index (χ0) is 21.4. The van der Waals surface area contributed by atoms with Crippen molar-refractivity contribution in [1.29, 1.82) is 0 Å². The Morgan fingerprint density at radius 2 is 1.90 bits per heavy atom. The first kappa shape index (κ1) is 22.5. The van der Waals surface area contributed by atoms with Crippen LogP contribution in [-0.2, 0) is 14.8 Å². The van der Waals surface area contributed by atoms with Crippen LogP contribution in [-0.4, -0.2) is 32.5 Å². The molecule has 3 rings (SSSR count). The van der Waals surface area contributed by atoms with Gasteiger partial charge >= 0.3 is 0 Å². The van der Waals surface area contributed by atoms with Gasteiger partial charge in [0.15, 0.2) is 11.6 Å². The average molecular weight is 452 g/mol. The van der Waals surface area contributed by atoms with Crippen LogP contribution in [0.5, 0.6) is 5.75 Å². The van der Waals surface area contributed by atoms with Gasteiger partial charge in [0.1, 0.15) is 4.90 Å². The number of rotatable bonds is 9. The molecule has 0 saturated heterocycles. The van der Waals surface area contributed by atoms with E-state index in [2.05, 4.69) is 15.0 Å². The number of anilines is 1. The van der Waals surface area contributed by atoms with Gasteiger partial charge in [-0.05, 0) is 43.0 Å². The molecule has 0 radical (unpaired) electrons. The number of halogens is 1. The molecular weight excluding hydrogens is 426 g/mol. The summed E-state index contributed by atoms with van der Waals surface area (Å²) in [5.74, 6) is 1.03. The molecule has 1 amide bonds. The summed E-state index contributed by atoms with van der Waals surface area (Å²) in [5, 5.41) is 2.83. The van der Waals surface area contributed by atoms with Gasteiger partial charge in [-0.25, -0.2) is 18.1 Å². The molecule has 30 heavy (non-hydrogen) atoms. The van der Waals surface area contributed by atoms with Crippen molar-refractivity contribution in [1.82, 2.24) is 9.71 Å². The Balaban J connectivity index is 1.51. The lowest BCUT2D eigenvalue weighted by Gasteiger charge is -2.22. The fourth-order valence-electron chi connectivity index (χ4n) is 3.40. The number of aromatic nitrogens is 1. The van der Waals surface area contributed by atoms with E-state index in [0.717, 1.165) is 12.8 Å². The molecule has 0 aliphatic heterocycles. The minimum Gasteiger partial charge on any atom is -0.489 e. The number of nitrogens with zero attached hydrogens (tertiary/aromatic N) is 1. The highest BCUT2D eigenvalue weighted by Crippen LogP contribution is 2.27. The van der Waals surface area contributed by atoms with Crippen LogP contribution in [0.25, 0.3) is 0 Å². The molecule has 1 aromatic heterocycles. The zero-order valence-electron chi connectivity index (χ0n) is 16.6. The van der Waals surface area contributed by atoms with Crippen LogP contribution >= 0.6 is 11.6 Å². The monoisotopic (exact) mass is 451 g/mol. The van der Waals surface area contributed by atoms with Crippen LogP contribution in [0.2, 0.25) is 5.02 Å². The summed E-state index contributed by atoms with van der Waals surface area (Å²) in [4.78, 5) is 16.5. The van der Waals surface area contributed by atoms with E-state index >= 15 is 0 Å². The number of carbonyl (C=O) groups is 1. The van der Waals surface area contributed by atoms with E-state index in [1.807, 2.05) is 0 Å². The summed E-state index contributed by atoms with van der Waals surface area (Å²) in [6.45, 7) is 0.538. The summed E-state index contributed by atoms with van der Waals surface area (Å²) in [7, 11) is -3.79. The topological polar surface area (TPSA) is 97.4 Å². The largest absolute Gasteiger partial charge is 0.489 e. The van der Waals surface area contributed by atoms with Gasteiger partial charge in [-0.15, -0.1) is 0 Å². The lowest BCUT2D eigenvalue weighted by molar-refractivity contribution is -0.116. The molecule has 1 saturated carbocycles. The minimum atomic E-state index is -3.79. The second-order valence-electron chi connectivity index (χ2n) is 7.29. The number of ether oxygens (including phenoxy) is 1. The number of hydrogen-bond acceptors (Lipinski definition) is 5. The van der Waals surface area contributed by atoms with Crippen molar-refractivity contribution in [3.8, 4) is 5.75 Å². The fourth-order valence-corrected chi connectivity index (χ4v) is 4.95. The van der Waals surface area contributed by atoms with Crippen LogP contribution in [0.4, 0.5) is 5.82 Å². The van der Waals surface area contributed by atoms with Gasteiger partial charge in [-0.3, -0.25) is 4.79 Å². The van der Waals surface area contributed by atoms with Gasteiger partial charge in [-0.2, -0.15) is 0 Å². The molecule has 1 aromatic carbocycles. The van der Waals surface area contributed by atoms with Crippen molar-refractivity contribution in [2.24, 2.45) is 5.92 Å². The first-order valence-corrected chi connectivity index (χ1v) is 11.9. The van der Waals surface area contributed by atoms with E-state index in [4.69, 9.17) is 16.3 Å². The number of benzene rings is 1. The van der Waals surface area contributed by atoms with E-state index < -0.39 is 10.0 Å². The van der Waals surface area contributed by atoms with Gasteiger partial charge in [0.25, 0.3) is 0 Å². The molecule has 9 heteroatoms. The van der Waals surface area contributed by atoms with E-state index in [0.29, 0.717) is 24.1 Å². The van der Waals surface area contributed by atoms with Crippen LogP contribution in [0.1, 0.15) is 38.5 Å². The number of sulfonamides is 1.